The third-order valence-electron chi connectivity index (χ3n) is 22.8. The molecule has 11 N–H and O–H groups in total. The van der Waals surface area contributed by atoms with Gasteiger partial charge in [0.15, 0.2) is 23.1 Å². The number of hydrogen-bond donors (Lipinski definition) is 11. The largest absolute Gasteiger partial charge is 0.505 e. The number of phenolic OH excluding ortho intramolecular Hbond substituents is 1. The summed E-state index contributed by atoms with van der Waals surface area (Å²) in [6.07, 6.45) is 1.74. The summed E-state index contributed by atoms with van der Waals surface area (Å²) in [4.78, 5) is 199. The van der Waals surface area contributed by atoms with E-state index in [0.29, 0.717) is 44.1 Å². The van der Waals surface area contributed by atoms with E-state index in [1.54, 1.807) is 79.0 Å². The molecule has 34 heteroatoms. The number of sulfone groups is 1. The zero-order valence-corrected chi connectivity index (χ0v) is 70.9. The molecule has 0 aliphatic carbocycles. The Morgan fingerprint density at radius 1 is 0.697 bits per heavy atom. The minimum atomic E-state index is -3.97. The van der Waals surface area contributed by atoms with E-state index in [9.17, 15) is 43.2 Å². The first-order chi connectivity index (χ1) is 56.3. The van der Waals surface area contributed by atoms with Crippen LogP contribution in [0.3, 0.4) is 0 Å². The SMILES string of the molecule is CCCCCCCCN(C)C(=O)[C@@H]1CC(=O)N[C@@H](CO)C(=O)N2CCC[C@H]2C(=O)N[C@@H](CCS(C)(=O)=O)C(=O)N[C@@H](Cc2ccc(O)c(F)c2)C(=O)N(C)[C@@](C)(Cc2cnc[nH]2)C(=O)C[C@@H]([C@@H](C)O)C(=O)C[C@@H]([C@@H](C)O)C(=O)N[C@@H](Cc2c[nH]c3ccccc23)C(=O)C(C)[C@@H](Cc2ccc(Cl)cc2)C(=O)N(C)[C@@H](Cc2ccc(Cl)cc2)C(=O)N1. The van der Waals surface area contributed by atoms with E-state index < -0.39 is 227 Å². The van der Waals surface area contributed by atoms with E-state index in [0.717, 1.165) is 65.2 Å². The molecule has 4 heterocycles. The number of unbranched alkanes of at least 4 members (excludes halogenated alkanes) is 5. The average molecular weight is 1710 g/mol. The summed E-state index contributed by atoms with van der Waals surface area (Å²) in [6.45, 7) is 6.18. The van der Waals surface area contributed by atoms with Crippen LogP contribution in [0.25, 0.3) is 10.9 Å². The highest BCUT2D eigenvalue weighted by Crippen LogP contribution is 2.33. The summed E-state index contributed by atoms with van der Waals surface area (Å²) in [5.74, 6) is -20.5. The number of ketones is 3. The van der Waals surface area contributed by atoms with Gasteiger partial charge in [-0.25, -0.2) is 17.8 Å². The Bertz CT molecular complexity index is 4690. The molecule has 0 bridgehead atoms. The molecule has 2 aromatic heterocycles. The Morgan fingerprint density at radius 3 is 1.94 bits per heavy atom. The first-order valence-electron chi connectivity index (χ1n) is 40.2. The van der Waals surface area contributed by atoms with E-state index in [4.69, 9.17) is 23.2 Å². The Kier molecular flexibility index (Phi) is 34.4. The number of H-pyrrole nitrogens is 2. The number of carbonyl (C=O) groups excluding carboxylic acids is 12. The summed E-state index contributed by atoms with van der Waals surface area (Å²) >= 11 is 12.8. The van der Waals surface area contributed by atoms with Gasteiger partial charge in [0, 0.05) is 124 Å². The van der Waals surface area contributed by atoms with Crippen molar-refractivity contribution in [2.45, 2.75) is 204 Å². The highest BCUT2D eigenvalue weighted by atomic mass is 35.5. The second-order valence-corrected chi connectivity index (χ2v) is 34.9. The lowest BCUT2D eigenvalue weighted by Gasteiger charge is -2.40. The number of phenols is 1. The van der Waals surface area contributed by atoms with Crippen LogP contribution in [0.2, 0.25) is 10.0 Å². The molecular weight excluding hydrogens is 1600 g/mol. The molecule has 1 unspecified atom stereocenters. The fourth-order valence-electron chi connectivity index (χ4n) is 15.4. The van der Waals surface area contributed by atoms with Crippen molar-refractivity contribution in [1.29, 1.82) is 0 Å². The number of halogens is 3. The predicted octanol–water partition coefficient (Wildman–Crippen LogP) is 5.40. The van der Waals surface area contributed by atoms with Gasteiger partial charge in [0.2, 0.25) is 53.2 Å². The van der Waals surface area contributed by atoms with Crippen molar-refractivity contribution in [3.8, 4) is 5.75 Å². The van der Waals surface area contributed by atoms with E-state index in [2.05, 4.69) is 48.5 Å². The third-order valence-corrected chi connectivity index (χ3v) is 24.3. The number of likely N-dealkylation sites (N-methyl/N-ethyl adjacent to an activating group) is 3. The number of aromatic hydroxyl groups is 1. The van der Waals surface area contributed by atoms with Crippen molar-refractivity contribution >= 4 is 114 Å². The number of imidazole rings is 1. The van der Waals surface area contributed by atoms with Crippen molar-refractivity contribution < 1.29 is 90.8 Å². The standard InChI is InChI=1S/C85H111Cl2FN12O18S/c1-10-11-12-13-14-17-33-97(6)82(114)68-43-75(107)92-69(47-101)84(116)100-34-18-21-70(100)79(111)93-65(32-35-119(9,117)118)78(110)95-67(38-54-26-31-72(104)63(88)37-54)83(115)99(8)85(5,44-58-46-89-48-91-58)74(106)42-61(50(3)102)73(105)41-62(51(4)103)77(109)94-66(40-55-45-90-64-20-16-15-19-59(55)64)76(108)49(2)60(36-52-22-27-56(86)28-23-52)81(113)98(7)71(80(112)96-68)39-53-24-29-57(87)30-25-53/h15-16,19-20,22-31,37,45-46,48-51,60-62,65-71,90,101-104H,10-14,17-18,21,32-36,38-44,47H2,1-9H3,(H,89,91)(H,92,107)(H,93,111)(H,94,109)(H,95,110)(H,96,112)/t49?,50-,51-,60-,61+,62+,65+,66+,67+,68+,69+,70+,71+,85+/m1/s1. The first kappa shape index (κ1) is 94.5. The molecule has 2 saturated heterocycles. The normalized spacial score (nSPS) is 24.5. The number of aromatic nitrogens is 3. The maximum Gasteiger partial charge on any atom is 0.248 e. The zero-order valence-electron chi connectivity index (χ0n) is 68.5. The van der Waals surface area contributed by atoms with E-state index in [1.165, 1.54) is 72.3 Å². The van der Waals surface area contributed by atoms with Crippen LogP contribution in [-0.4, -0.2) is 247 Å². The van der Waals surface area contributed by atoms with Gasteiger partial charge in [-0.3, -0.25) is 57.5 Å². The molecule has 0 spiro atoms. The molecule has 0 saturated carbocycles. The third kappa shape index (κ3) is 25.8. The number of nitrogens with zero attached hydrogens (tertiary/aromatic N) is 5. The van der Waals surface area contributed by atoms with Gasteiger partial charge in [0.25, 0.3) is 0 Å². The Morgan fingerprint density at radius 2 is 1.32 bits per heavy atom. The van der Waals surface area contributed by atoms with Crippen LogP contribution >= 0.6 is 23.2 Å². The van der Waals surface area contributed by atoms with E-state index in [1.807, 2.05) is 0 Å². The van der Waals surface area contributed by atoms with Crippen molar-refractivity contribution in [2.24, 2.45) is 23.7 Å². The van der Waals surface area contributed by atoms with Gasteiger partial charge in [-0.05, 0) is 118 Å². The summed E-state index contributed by atoms with van der Waals surface area (Å²) in [5, 5.41) is 59.0. The zero-order chi connectivity index (χ0) is 87.3. The van der Waals surface area contributed by atoms with Crippen molar-refractivity contribution in [2.75, 3.05) is 52.8 Å². The smallest absolute Gasteiger partial charge is 0.248 e. The summed E-state index contributed by atoms with van der Waals surface area (Å²) in [5.41, 5.74) is 0.208. The van der Waals surface area contributed by atoms with E-state index >= 15 is 47.5 Å². The number of carbonyl (C=O) groups is 12. The molecule has 2 aliphatic heterocycles. The lowest BCUT2D eigenvalue weighted by Crippen LogP contribution is -2.62. The molecule has 30 nitrogen and oxygen atoms in total. The van der Waals surface area contributed by atoms with Gasteiger partial charge in [0.1, 0.15) is 57.4 Å². The summed E-state index contributed by atoms with van der Waals surface area (Å²) in [6, 6.07) is 10.9. The lowest BCUT2D eigenvalue weighted by atomic mass is 9.79. The van der Waals surface area contributed by atoms with Gasteiger partial charge in [0.05, 0.1) is 61.1 Å². The second-order valence-electron chi connectivity index (χ2n) is 31.8. The van der Waals surface area contributed by atoms with Crippen LogP contribution in [0.5, 0.6) is 5.75 Å². The molecule has 119 heavy (non-hydrogen) atoms. The van der Waals surface area contributed by atoms with Gasteiger partial charge in [-0.2, -0.15) is 0 Å². The number of benzene rings is 4. The number of aromatic amines is 2. The Labute approximate surface area is 702 Å². The number of amides is 9. The first-order valence-corrected chi connectivity index (χ1v) is 43.0. The summed E-state index contributed by atoms with van der Waals surface area (Å²) in [7, 11) is 0.0166. The molecule has 646 valence electrons. The number of aliphatic hydroxyl groups is 3. The molecule has 2 aliphatic rings. The van der Waals surface area contributed by atoms with Crippen LogP contribution < -0.4 is 26.6 Å². The van der Waals surface area contributed by atoms with E-state index in [-0.39, 0.29) is 56.5 Å². The number of hydrogen-bond acceptors (Lipinski definition) is 19. The highest BCUT2D eigenvalue weighted by molar-refractivity contribution is 7.90. The van der Waals surface area contributed by atoms with Crippen LogP contribution in [0, 0.1) is 29.5 Å². The molecule has 0 radical (unpaired) electrons. The molecule has 2 fully saturated rings. The second kappa shape index (κ2) is 43.3. The molecular formula is C85H111Cl2FN12O18S. The fourth-order valence-corrected chi connectivity index (χ4v) is 16.3. The monoisotopic (exact) mass is 1710 g/mol. The Balaban J connectivity index is 1.28. The molecule has 14 atom stereocenters. The number of fused-ring (bicyclic) bond motifs is 2. The number of nitrogens with one attached hydrogen (secondary N) is 7. The Hall–Kier alpha value is -9.99. The van der Waals surface area contributed by atoms with Gasteiger partial charge < -0.3 is 76.6 Å². The van der Waals surface area contributed by atoms with Crippen LogP contribution in [0.4, 0.5) is 4.39 Å². The maximum atomic E-state index is 16.1. The number of Topliss-reactive ketones (excluding diaryl/α,β-unsaturated/α-hetero) is 3. The topological polar surface area (TPSA) is 437 Å². The fraction of sp³-hybridized carbons (Fsp3) is 0.518. The lowest BCUT2D eigenvalue weighted by molar-refractivity contribution is -0.148. The number of para-hydroxylation sites is 1. The molecule has 9 amide bonds. The van der Waals surface area contributed by atoms with Crippen LogP contribution in [0.1, 0.15) is 140 Å². The van der Waals surface area contributed by atoms with Crippen molar-refractivity contribution in [1.82, 2.24) is 61.1 Å². The van der Waals surface area contributed by atoms with Crippen molar-refractivity contribution in [3.05, 3.63) is 154 Å². The summed E-state index contributed by atoms with van der Waals surface area (Å²) < 4.78 is 41.2. The van der Waals surface area contributed by atoms with Gasteiger partial charge in [-0.1, -0.05) is 118 Å². The minimum absolute atomic E-state index is 0.0204. The highest BCUT2D eigenvalue weighted by Gasteiger charge is 2.48. The average Bonchev–Trinajstić information content (AvgIpc) is 1.62. The van der Waals surface area contributed by atoms with Gasteiger partial charge >= 0.3 is 0 Å². The number of aliphatic hydroxyl groups excluding tert-OH is 3. The van der Waals surface area contributed by atoms with Crippen LogP contribution in [-0.2, 0) is 99.5 Å². The van der Waals surface area contributed by atoms with Crippen molar-refractivity contribution in [3.63, 3.8) is 0 Å². The predicted molar refractivity (Wildman–Crippen MR) is 443 cm³/mol. The minimum Gasteiger partial charge on any atom is -0.505 e. The molecule has 6 aromatic rings. The molecule has 4 aromatic carbocycles. The van der Waals surface area contributed by atoms with Crippen LogP contribution in [0.15, 0.2) is 110 Å². The number of rotatable bonds is 24. The quantitative estimate of drug-likeness (QED) is 0.0338. The maximum absolute atomic E-state index is 16.1. The van der Waals surface area contributed by atoms with Gasteiger partial charge in [-0.15, -0.1) is 0 Å². The molecule has 8 rings (SSSR count).